The summed E-state index contributed by atoms with van der Waals surface area (Å²) in [5, 5.41) is 11.7. The third kappa shape index (κ3) is 5.66. The highest BCUT2D eigenvalue weighted by atomic mass is 19.1. The lowest BCUT2D eigenvalue weighted by Gasteiger charge is -2.21. The van der Waals surface area contributed by atoms with Gasteiger partial charge in [-0.05, 0) is 56.0 Å². The number of ether oxygens (including phenoxy) is 1. The van der Waals surface area contributed by atoms with Crippen LogP contribution in [0, 0.1) is 5.82 Å². The molecule has 3 rings (SSSR count). The van der Waals surface area contributed by atoms with Crippen LogP contribution in [-0.2, 0) is 14.3 Å². The molecule has 0 aliphatic heterocycles. The van der Waals surface area contributed by atoms with Gasteiger partial charge >= 0.3 is 5.97 Å². The average Bonchev–Trinajstić information content (AvgIpc) is 2.78. The van der Waals surface area contributed by atoms with Crippen LogP contribution in [0.4, 0.5) is 4.39 Å². The van der Waals surface area contributed by atoms with Crippen molar-refractivity contribution in [2.75, 3.05) is 6.61 Å². The molecule has 0 fully saturated rings. The number of aromatic nitrogens is 1. The van der Waals surface area contributed by atoms with E-state index in [9.17, 15) is 23.9 Å². The lowest BCUT2D eigenvalue weighted by atomic mass is 9.95. The number of esters is 1. The second kappa shape index (κ2) is 11.0. The van der Waals surface area contributed by atoms with Gasteiger partial charge in [-0.1, -0.05) is 36.4 Å². The van der Waals surface area contributed by atoms with Crippen LogP contribution in [0.1, 0.15) is 45.3 Å². The van der Waals surface area contributed by atoms with Gasteiger partial charge in [0.1, 0.15) is 18.0 Å². The van der Waals surface area contributed by atoms with Crippen LogP contribution in [0.5, 0.6) is 0 Å². The maximum atomic E-state index is 13.6. The molecule has 0 saturated heterocycles. The number of hydrogen-bond donors (Lipinski definition) is 1. The second-order valence-electron chi connectivity index (χ2n) is 8.23. The van der Waals surface area contributed by atoms with Gasteiger partial charge in [-0.15, -0.1) is 0 Å². The number of carbonyl (C=O) groups excluding carboxylic acids is 2. The van der Waals surface area contributed by atoms with Gasteiger partial charge in [-0.3, -0.25) is 14.4 Å². The number of pyridine rings is 1. The van der Waals surface area contributed by atoms with Crippen molar-refractivity contribution in [2.24, 2.45) is 0 Å². The number of carbonyl (C=O) groups is 2. The number of fused-ring (bicyclic) bond motifs is 1. The van der Waals surface area contributed by atoms with Crippen LogP contribution in [0.2, 0.25) is 0 Å². The molecule has 3 aromatic rings. The van der Waals surface area contributed by atoms with E-state index >= 15 is 0 Å². The molecule has 0 radical (unpaired) electrons. The van der Waals surface area contributed by atoms with Gasteiger partial charge in [0.15, 0.2) is 0 Å². The van der Waals surface area contributed by atoms with E-state index in [0.29, 0.717) is 27.6 Å². The maximum Gasteiger partial charge on any atom is 0.313 e. The molecule has 1 heterocycles. The van der Waals surface area contributed by atoms with E-state index in [4.69, 9.17) is 4.74 Å². The largest absolute Gasteiger partial charge is 0.466 e. The Morgan fingerprint density at radius 2 is 1.74 bits per heavy atom. The third-order valence-corrected chi connectivity index (χ3v) is 5.37. The minimum absolute atomic E-state index is 0.176. The first kappa shape index (κ1) is 25.1. The number of benzene rings is 2. The molecule has 0 bridgehead atoms. The molecule has 1 unspecified atom stereocenters. The molecule has 0 aliphatic carbocycles. The predicted molar refractivity (Wildman–Crippen MR) is 130 cm³/mol. The lowest BCUT2D eigenvalue weighted by Crippen LogP contribution is -2.25. The standard InChI is InChI=1S/C27H28FNO5/c1-4-34-25(32)16-21(31)15-20(30)13-14-24-26(18-9-11-19(28)12-10-18)22-7-5-6-8-23(22)27(33)29(24)17(2)3/h5-14,17,20,30H,4,15-16H2,1-3H3. The highest BCUT2D eigenvalue weighted by molar-refractivity contribution is 5.99. The van der Waals surface area contributed by atoms with E-state index < -0.39 is 24.3 Å². The predicted octanol–water partition coefficient (Wildman–Crippen LogP) is 4.68. The summed E-state index contributed by atoms with van der Waals surface area (Å²) in [6.07, 6.45) is 1.20. The first-order valence-corrected chi connectivity index (χ1v) is 11.2. The first-order valence-electron chi connectivity index (χ1n) is 11.2. The smallest absolute Gasteiger partial charge is 0.313 e. The van der Waals surface area contributed by atoms with Crippen LogP contribution in [0.3, 0.4) is 0 Å². The number of aliphatic hydroxyl groups is 1. The Balaban J connectivity index is 2.10. The zero-order chi connectivity index (χ0) is 24.8. The summed E-state index contributed by atoms with van der Waals surface area (Å²) in [4.78, 5) is 36.9. The van der Waals surface area contributed by atoms with E-state index in [1.807, 2.05) is 26.0 Å². The monoisotopic (exact) mass is 465 g/mol. The number of hydrogen-bond acceptors (Lipinski definition) is 5. The molecule has 2 aromatic carbocycles. The fraction of sp³-hybridized carbons (Fsp3) is 0.296. The summed E-state index contributed by atoms with van der Waals surface area (Å²) in [6.45, 7) is 5.58. The number of ketones is 1. The summed E-state index contributed by atoms with van der Waals surface area (Å²) in [5.41, 5.74) is 1.76. The van der Waals surface area contributed by atoms with E-state index in [1.165, 1.54) is 18.2 Å². The zero-order valence-corrected chi connectivity index (χ0v) is 19.5. The van der Waals surface area contributed by atoms with Gasteiger partial charge in [0, 0.05) is 23.4 Å². The lowest BCUT2D eigenvalue weighted by molar-refractivity contribution is -0.145. The fourth-order valence-corrected chi connectivity index (χ4v) is 3.93. The fourth-order valence-electron chi connectivity index (χ4n) is 3.93. The van der Waals surface area contributed by atoms with Gasteiger partial charge in [0.2, 0.25) is 0 Å². The number of halogens is 1. The van der Waals surface area contributed by atoms with Crippen molar-refractivity contribution in [1.29, 1.82) is 0 Å². The Morgan fingerprint density at radius 3 is 2.35 bits per heavy atom. The van der Waals surface area contributed by atoms with Crippen molar-refractivity contribution in [3.8, 4) is 11.1 Å². The van der Waals surface area contributed by atoms with Crippen molar-refractivity contribution >= 4 is 28.6 Å². The molecule has 0 spiro atoms. The Hall–Kier alpha value is -3.58. The quantitative estimate of drug-likeness (QED) is 0.367. The molecule has 1 atom stereocenters. The summed E-state index contributed by atoms with van der Waals surface area (Å²) >= 11 is 0. The van der Waals surface area contributed by atoms with Gasteiger partial charge in [0.05, 0.1) is 18.4 Å². The summed E-state index contributed by atoms with van der Waals surface area (Å²) in [5.74, 6) is -1.46. The number of Topliss-reactive ketones (excluding diaryl/α,β-unsaturated/α-hetero) is 1. The van der Waals surface area contributed by atoms with Crippen molar-refractivity contribution in [1.82, 2.24) is 4.57 Å². The van der Waals surface area contributed by atoms with Crippen LogP contribution < -0.4 is 5.56 Å². The normalized spacial score (nSPS) is 12.4. The van der Waals surface area contributed by atoms with Crippen LogP contribution in [0.25, 0.3) is 28.0 Å². The first-order chi connectivity index (χ1) is 16.2. The van der Waals surface area contributed by atoms with E-state index in [2.05, 4.69) is 0 Å². The van der Waals surface area contributed by atoms with Gasteiger partial charge in [-0.25, -0.2) is 4.39 Å². The maximum absolute atomic E-state index is 13.6. The van der Waals surface area contributed by atoms with Crippen LogP contribution >= 0.6 is 0 Å². The molecule has 1 N–H and O–H groups in total. The highest BCUT2D eigenvalue weighted by Crippen LogP contribution is 2.33. The Morgan fingerprint density at radius 1 is 1.09 bits per heavy atom. The van der Waals surface area contributed by atoms with E-state index in [1.54, 1.807) is 41.8 Å². The van der Waals surface area contributed by atoms with E-state index in [-0.39, 0.29) is 30.4 Å². The molecule has 1 aromatic heterocycles. The van der Waals surface area contributed by atoms with Crippen molar-refractivity contribution in [3.05, 3.63) is 76.5 Å². The summed E-state index contributed by atoms with van der Waals surface area (Å²) in [6, 6.07) is 13.0. The topological polar surface area (TPSA) is 85.6 Å². The molecular formula is C27H28FNO5. The molecule has 0 aliphatic rings. The number of nitrogens with zero attached hydrogens (tertiary/aromatic N) is 1. The second-order valence-corrected chi connectivity index (χ2v) is 8.23. The summed E-state index contributed by atoms with van der Waals surface area (Å²) < 4.78 is 20.0. The van der Waals surface area contributed by atoms with Crippen LogP contribution in [0.15, 0.2) is 59.4 Å². The van der Waals surface area contributed by atoms with Gasteiger partial charge in [-0.2, -0.15) is 0 Å². The molecule has 178 valence electrons. The minimum Gasteiger partial charge on any atom is -0.466 e. The summed E-state index contributed by atoms with van der Waals surface area (Å²) in [7, 11) is 0. The number of rotatable bonds is 9. The molecule has 0 amide bonds. The molecule has 0 saturated carbocycles. The Bertz CT molecular complexity index is 1270. The highest BCUT2D eigenvalue weighted by Gasteiger charge is 2.19. The number of aliphatic hydroxyl groups excluding tert-OH is 1. The SMILES string of the molecule is CCOC(=O)CC(=O)CC(O)C=Cc1c(-c2ccc(F)cc2)c2ccccc2c(=O)n1C(C)C. The molecule has 6 nitrogen and oxygen atoms in total. The Kier molecular flexibility index (Phi) is 8.12. The van der Waals surface area contributed by atoms with Gasteiger partial charge < -0.3 is 14.4 Å². The minimum atomic E-state index is -1.16. The zero-order valence-electron chi connectivity index (χ0n) is 19.5. The van der Waals surface area contributed by atoms with Gasteiger partial charge in [0.25, 0.3) is 5.56 Å². The Labute approximate surface area is 197 Å². The molecular weight excluding hydrogens is 437 g/mol. The van der Waals surface area contributed by atoms with Crippen molar-refractivity contribution < 1.29 is 23.8 Å². The van der Waals surface area contributed by atoms with Crippen molar-refractivity contribution in [2.45, 2.75) is 45.8 Å². The van der Waals surface area contributed by atoms with E-state index in [0.717, 1.165) is 0 Å². The molecule has 7 heteroatoms. The van der Waals surface area contributed by atoms with Crippen LogP contribution in [-0.4, -0.2) is 34.1 Å². The molecule has 34 heavy (non-hydrogen) atoms. The average molecular weight is 466 g/mol. The third-order valence-electron chi connectivity index (χ3n) is 5.37. The van der Waals surface area contributed by atoms with Crippen molar-refractivity contribution in [3.63, 3.8) is 0 Å².